The van der Waals surface area contributed by atoms with Crippen LogP contribution in [0.3, 0.4) is 0 Å². The second kappa shape index (κ2) is 77.5. The van der Waals surface area contributed by atoms with Crippen LogP contribution < -0.4 is 0 Å². The fraction of sp³-hybridized carbons (Fsp3) is 0.553. The van der Waals surface area contributed by atoms with Gasteiger partial charge in [-0.3, -0.25) is 9.59 Å². The summed E-state index contributed by atoms with van der Waals surface area (Å²) >= 11 is 0. The van der Waals surface area contributed by atoms with E-state index in [0.29, 0.717) is 12.8 Å². The van der Waals surface area contributed by atoms with Crippen LogP contribution in [0.1, 0.15) is 284 Å². The molecule has 0 saturated heterocycles. The number of hydrogen-bond acceptors (Lipinski definition) is 5. The maximum atomic E-state index is 12.4. The quantitative estimate of drug-likeness (QED) is 0.0373. The third kappa shape index (κ3) is 74.7. The molecule has 0 amide bonds. The molecule has 0 saturated carbocycles. The predicted molar refractivity (Wildman–Crippen MR) is 398 cm³/mol. The summed E-state index contributed by atoms with van der Waals surface area (Å²) in [4.78, 5) is 24.7. The summed E-state index contributed by atoms with van der Waals surface area (Å²) in [6.07, 6.45) is 125. The van der Waals surface area contributed by atoms with E-state index in [2.05, 4.69) is 233 Å². The first-order valence-corrected chi connectivity index (χ1v) is 36.3. The molecule has 0 aliphatic carbocycles. The Bertz CT molecular complexity index is 2130. The summed E-state index contributed by atoms with van der Waals surface area (Å²) in [5.74, 6) is -0.613. The normalized spacial score (nSPS) is 13.6. The molecule has 0 aliphatic heterocycles. The number of aliphatic hydroxyl groups is 1. The summed E-state index contributed by atoms with van der Waals surface area (Å²) < 4.78 is 10.8. The molecule has 0 fully saturated rings. The lowest BCUT2D eigenvalue weighted by Gasteiger charge is -2.15. The maximum Gasteiger partial charge on any atom is 0.306 e. The molecule has 5 heteroatoms. The molecule has 0 rings (SSSR count). The summed E-state index contributed by atoms with van der Waals surface area (Å²) in [7, 11) is 0. The Morgan fingerprint density at radius 1 is 0.256 bits per heavy atom. The Hall–Kier alpha value is -5.78. The second-order valence-corrected chi connectivity index (χ2v) is 23.2. The highest BCUT2D eigenvalue weighted by Crippen LogP contribution is 2.15. The van der Waals surface area contributed by atoms with Crippen molar-refractivity contribution < 1.29 is 24.2 Å². The molecule has 0 spiro atoms. The fourth-order valence-electron chi connectivity index (χ4n) is 9.42. The predicted octanol–water partition coefficient (Wildman–Crippen LogP) is 25.9. The van der Waals surface area contributed by atoms with Crippen LogP contribution in [0.4, 0.5) is 0 Å². The van der Waals surface area contributed by atoms with Gasteiger partial charge in [0.1, 0.15) is 6.61 Å². The zero-order valence-corrected chi connectivity index (χ0v) is 57.6. The Labute approximate surface area is 554 Å². The number of ether oxygens (including phenoxy) is 2. The average Bonchev–Trinajstić information content (AvgIpc) is 3.59. The fourth-order valence-corrected chi connectivity index (χ4v) is 9.42. The zero-order chi connectivity index (χ0) is 64.7. The van der Waals surface area contributed by atoms with E-state index < -0.39 is 6.10 Å². The minimum Gasteiger partial charge on any atom is -0.462 e. The number of carbonyl (C=O) groups excluding carboxylic acids is 2. The molecule has 0 bridgehead atoms. The van der Waals surface area contributed by atoms with Crippen molar-refractivity contribution in [1.82, 2.24) is 0 Å². The van der Waals surface area contributed by atoms with Gasteiger partial charge in [0.15, 0.2) is 6.10 Å². The van der Waals surface area contributed by atoms with Crippen molar-refractivity contribution in [2.45, 2.75) is 290 Å². The summed E-state index contributed by atoms with van der Waals surface area (Å²) in [5, 5.41) is 9.71. The molecule has 0 aromatic rings. The topological polar surface area (TPSA) is 72.8 Å². The molecule has 5 nitrogen and oxygen atoms in total. The van der Waals surface area contributed by atoms with Gasteiger partial charge < -0.3 is 14.6 Å². The Morgan fingerprint density at radius 2 is 0.444 bits per heavy atom. The third-order valence-corrected chi connectivity index (χ3v) is 14.8. The van der Waals surface area contributed by atoms with Gasteiger partial charge in [0, 0.05) is 12.8 Å². The van der Waals surface area contributed by atoms with Crippen molar-refractivity contribution >= 4 is 11.9 Å². The SMILES string of the molecule is CC/C=C\C/C=C\C/C=C\C/C=C\C/C=C\C/C=C\C/C=C\C/C=C\C/C=C\C/C=C\CCCCCCCCCCC(=O)OC(CO)COC(=O)CCCCCCCCCCCCCC/C=C\C/C=C\C/C=C\C/C=C\C/C=C\C/C=C\C/C=C\C/C=C\CC. The van der Waals surface area contributed by atoms with E-state index in [0.717, 1.165) is 161 Å². The van der Waals surface area contributed by atoms with Crippen LogP contribution in [0.5, 0.6) is 0 Å². The molecule has 0 aliphatic rings. The number of hydrogen-bond donors (Lipinski definition) is 1. The smallest absolute Gasteiger partial charge is 0.306 e. The molecule has 90 heavy (non-hydrogen) atoms. The van der Waals surface area contributed by atoms with Gasteiger partial charge in [-0.2, -0.15) is 0 Å². The van der Waals surface area contributed by atoms with E-state index in [1.165, 1.54) is 96.3 Å². The van der Waals surface area contributed by atoms with Crippen molar-refractivity contribution in [2.24, 2.45) is 0 Å². The molecule has 502 valence electrons. The lowest BCUT2D eigenvalue weighted by Crippen LogP contribution is -2.28. The monoisotopic (exact) mass is 1230 g/mol. The highest BCUT2D eigenvalue weighted by Gasteiger charge is 2.16. The number of esters is 2. The number of rotatable bonds is 64. The van der Waals surface area contributed by atoms with Crippen molar-refractivity contribution in [1.29, 1.82) is 0 Å². The van der Waals surface area contributed by atoms with Crippen LogP contribution >= 0.6 is 0 Å². The van der Waals surface area contributed by atoms with Crippen LogP contribution in [-0.2, 0) is 19.1 Å². The van der Waals surface area contributed by atoms with Crippen LogP contribution in [0.15, 0.2) is 219 Å². The summed E-state index contributed by atoms with van der Waals surface area (Å²) in [5.41, 5.74) is 0. The second-order valence-electron chi connectivity index (χ2n) is 23.2. The molecule has 0 heterocycles. The maximum absolute atomic E-state index is 12.4. The van der Waals surface area contributed by atoms with Crippen molar-refractivity contribution in [3.8, 4) is 0 Å². The number of carbonyl (C=O) groups is 2. The van der Waals surface area contributed by atoms with E-state index in [9.17, 15) is 14.7 Å². The van der Waals surface area contributed by atoms with E-state index in [4.69, 9.17) is 9.47 Å². The first-order valence-electron chi connectivity index (χ1n) is 36.3. The largest absolute Gasteiger partial charge is 0.462 e. The third-order valence-electron chi connectivity index (χ3n) is 14.8. The van der Waals surface area contributed by atoms with Gasteiger partial charge in [-0.05, 0) is 154 Å². The summed E-state index contributed by atoms with van der Waals surface area (Å²) in [6.45, 7) is 3.90. The van der Waals surface area contributed by atoms with E-state index in [-0.39, 0.29) is 25.2 Å². The van der Waals surface area contributed by atoms with Crippen molar-refractivity contribution in [2.75, 3.05) is 13.2 Å². The molecule has 1 unspecified atom stereocenters. The minimum atomic E-state index is -0.795. The highest BCUT2D eigenvalue weighted by molar-refractivity contribution is 5.70. The number of aliphatic hydroxyl groups excluding tert-OH is 1. The molecule has 0 radical (unpaired) electrons. The zero-order valence-electron chi connectivity index (χ0n) is 57.6. The van der Waals surface area contributed by atoms with Gasteiger partial charge in [0.2, 0.25) is 0 Å². The van der Waals surface area contributed by atoms with Gasteiger partial charge in [0.25, 0.3) is 0 Å². The lowest BCUT2D eigenvalue weighted by atomic mass is 10.0. The van der Waals surface area contributed by atoms with Gasteiger partial charge >= 0.3 is 11.9 Å². The standard InChI is InChI=1S/C85H132O5/c1-3-5-7-9-11-13-15-17-19-21-23-25-27-29-31-33-35-37-39-41-42-44-46-48-50-52-54-56-58-60-62-64-66-68-70-72-74-76-78-80-85(88)90-83(81-86)82-89-84(87)79-77-75-73-71-69-67-65-63-61-59-57-55-53-51-49-47-45-43-40-38-36-34-32-30-28-26-24-22-20-18-16-14-12-10-8-6-4-2/h5-8,11-14,17-20,23-26,29-32,35-38,41-43,45-46,48-49,51-52,54,58,60,83,86H,3-4,9-10,15-16,21-22,27-28,33-34,39-40,44,47,50,53,55-57,59,61-82H2,1-2H3/b7-5-,8-6-,13-11-,14-12-,19-17-,20-18-,25-23-,26-24-,31-29-,32-30-,37-35-,38-36-,42-41-,45-43-,48-46-,51-49-,54-52-,60-58-. The van der Waals surface area contributed by atoms with Gasteiger partial charge in [-0.15, -0.1) is 0 Å². The molecule has 0 aromatic carbocycles. The first kappa shape index (κ1) is 84.2. The highest BCUT2D eigenvalue weighted by atomic mass is 16.6. The van der Waals surface area contributed by atoms with E-state index in [1.807, 2.05) is 0 Å². The van der Waals surface area contributed by atoms with Crippen LogP contribution in [0.2, 0.25) is 0 Å². The Kier molecular flexibility index (Phi) is 72.5. The number of allylic oxidation sites excluding steroid dienone is 36. The van der Waals surface area contributed by atoms with Gasteiger partial charge in [-0.1, -0.05) is 335 Å². The Balaban J connectivity index is 3.60. The minimum absolute atomic E-state index is 0.0826. The van der Waals surface area contributed by atoms with E-state index >= 15 is 0 Å². The van der Waals surface area contributed by atoms with Gasteiger partial charge in [-0.25, -0.2) is 0 Å². The molecular formula is C85H132O5. The lowest BCUT2D eigenvalue weighted by molar-refractivity contribution is -0.161. The molecule has 1 atom stereocenters. The van der Waals surface area contributed by atoms with E-state index in [1.54, 1.807) is 0 Å². The first-order chi connectivity index (χ1) is 44.6. The number of unbranched alkanes of at least 4 members (excludes halogenated alkanes) is 20. The summed E-state index contributed by atoms with van der Waals surface area (Å²) in [6, 6.07) is 0. The molecular weight excluding hydrogens is 1100 g/mol. The Morgan fingerprint density at radius 3 is 0.667 bits per heavy atom. The molecule has 0 aromatic heterocycles. The van der Waals surface area contributed by atoms with Crippen LogP contribution in [-0.4, -0.2) is 36.4 Å². The molecule has 1 N–H and O–H groups in total. The van der Waals surface area contributed by atoms with Crippen LogP contribution in [0, 0.1) is 0 Å². The van der Waals surface area contributed by atoms with Crippen molar-refractivity contribution in [3.63, 3.8) is 0 Å². The van der Waals surface area contributed by atoms with Crippen molar-refractivity contribution in [3.05, 3.63) is 219 Å². The average molecular weight is 1230 g/mol. The van der Waals surface area contributed by atoms with Crippen LogP contribution in [0.25, 0.3) is 0 Å². The van der Waals surface area contributed by atoms with Gasteiger partial charge in [0.05, 0.1) is 6.61 Å².